The van der Waals surface area contributed by atoms with Crippen molar-refractivity contribution < 1.29 is 9.90 Å². The second-order valence-electron chi connectivity index (χ2n) is 14.4. The van der Waals surface area contributed by atoms with Crippen LogP contribution in [0.3, 0.4) is 0 Å². The highest BCUT2D eigenvalue weighted by molar-refractivity contribution is 8.93. The van der Waals surface area contributed by atoms with Gasteiger partial charge in [-0.1, -0.05) is 194 Å². The number of allylic oxidation sites excluding steroid dienone is 1. The minimum Gasteiger partial charge on any atom is -0.478 e. The Morgan fingerprint density at radius 1 is 0.447 bits per heavy atom. The number of rotatable bonds is 32. The first-order valence-electron chi connectivity index (χ1n) is 20.4. The number of unbranched alkanes of at least 4 members (excludes halogenated alkanes) is 26. The maximum Gasteiger partial charge on any atom is 0.330 e. The minimum atomic E-state index is -0.827. The van der Waals surface area contributed by atoms with Crippen molar-refractivity contribution in [1.29, 1.82) is 0 Å². The predicted molar refractivity (Wildman–Crippen MR) is 220 cm³/mol. The molecule has 0 aromatic rings. The fraction of sp³-hybridized carbons (Fsp3) is 0.929. The number of halogens is 1. The second kappa shape index (κ2) is 47.7. The monoisotopic (exact) mass is 733 g/mol. The molecule has 0 heterocycles. The van der Waals surface area contributed by atoms with Gasteiger partial charge in [-0.05, 0) is 67.5 Å². The molecule has 0 unspecified atom stereocenters. The zero-order valence-electron chi connectivity index (χ0n) is 33.7. The number of nitrogens with zero attached hydrogens (tertiary/aromatic N) is 2. The van der Waals surface area contributed by atoms with Crippen LogP contribution in [0, 0.1) is 0 Å². The van der Waals surface area contributed by atoms with Gasteiger partial charge in [0.05, 0.1) is 0 Å². The van der Waals surface area contributed by atoms with Crippen LogP contribution in [0.2, 0.25) is 0 Å². The van der Waals surface area contributed by atoms with E-state index in [4.69, 9.17) is 5.11 Å². The third kappa shape index (κ3) is 58.2. The van der Waals surface area contributed by atoms with E-state index in [9.17, 15) is 4.79 Å². The number of carboxylic acids is 1. The van der Waals surface area contributed by atoms with Gasteiger partial charge in [-0.25, -0.2) is 4.79 Å². The first kappa shape index (κ1) is 53.4. The average Bonchev–Trinajstić information content (AvgIpc) is 3.02. The van der Waals surface area contributed by atoms with Gasteiger partial charge in [0.25, 0.3) is 0 Å². The van der Waals surface area contributed by atoms with E-state index >= 15 is 0 Å². The maximum atomic E-state index is 10.0. The molecular weight excluding hydrogens is 644 g/mol. The van der Waals surface area contributed by atoms with Crippen LogP contribution in [-0.4, -0.2) is 62.2 Å². The summed E-state index contributed by atoms with van der Waals surface area (Å²) in [6.07, 6.45) is 43.1. The highest BCUT2D eigenvalue weighted by Gasteiger charge is 1.97. The van der Waals surface area contributed by atoms with Gasteiger partial charge in [-0.3, -0.25) is 0 Å². The molecule has 286 valence electrons. The molecule has 4 nitrogen and oxygen atoms in total. The molecule has 0 aliphatic carbocycles. The summed E-state index contributed by atoms with van der Waals surface area (Å²) < 4.78 is 0. The van der Waals surface area contributed by atoms with Crippen LogP contribution >= 0.6 is 17.0 Å². The van der Waals surface area contributed by atoms with Crippen molar-refractivity contribution in [2.45, 2.75) is 214 Å². The van der Waals surface area contributed by atoms with E-state index in [0.29, 0.717) is 5.57 Å². The van der Waals surface area contributed by atoms with Gasteiger partial charge in [-0.15, -0.1) is 17.0 Å². The number of carboxylic acid groups (broad SMARTS) is 1. The van der Waals surface area contributed by atoms with Crippen LogP contribution in [0.1, 0.15) is 214 Å². The zero-order valence-corrected chi connectivity index (χ0v) is 35.4. The van der Waals surface area contributed by atoms with Gasteiger partial charge in [0.15, 0.2) is 0 Å². The number of carbonyl (C=O) groups is 1. The lowest BCUT2D eigenvalue weighted by molar-refractivity contribution is -0.132. The lowest BCUT2D eigenvalue weighted by Gasteiger charge is -2.08. The molecule has 0 aromatic heterocycles. The fourth-order valence-corrected chi connectivity index (χ4v) is 5.64. The first-order chi connectivity index (χ1) is 22.2. The lowest BCUT2D eigenvalue weighted by atomic mass is 10.0. The van der Waals surface area contributed by atoms with Crippen molar-refractivity contribution in [3.8, 4) is 0 Å². The normalized spacial score (nSPS) is 11.1. The van der Waals surface area contributed by atoms with Crippen LogP contribution in [0.5, 0.6) is 0 Å². The van der Waals surface area contributed by atoms with E-state index in [1.54, 1.807) is 13.0 Å². The van der Waals surface area contributed by atoms with E-state index in [2.05, 4.69) is 51.8 Å². The Bertz CT molecular complexity index is 559. The molecule has 0 rings (SSSR count). The molecule has 1 N–H and O–H groups in total. The quantitative estimate of drug-likeness (QED) is 0.0552. The molecule has 47 heavy (non-hydrogen) atoms. The lowest BCUT2D eigenvalue weighted by Crippen LogP contribution is -2.12. The summed E-state index contributed by atoms with van der Waals surface area (Å²) in [6, 6.07) is 0. The van der Waals surface area contributed by atoms with Crippen molar-refractivity contribution in [3.63, 3.8) is 0 Å². The van der Waals surface area contributed by atoms with Crippen molar-refractivity contribution in [2.24, 2.45) is 0 Å². The van der Waals surface area contributed by atoms with Gasteiger partial charge < -0.3 is 14.9 Å². The second-order valence-corrected chi connectivity index (χ2v) is 14.4. The third-order valence-electron chi connectivity index (χ3n) is 8.77. The van der Waals surface area contributed by atoms with Crippen molar-refractivity contribution in [2.75, 3.05) is 41.3 Å². The molecule has 0 aliphatic heterocycles. The number of aliphatic carboxylic acids is 1. The van der Waals surface area contributed by atoms with E-state index in [-0.39, 0.29) is 17.0 Å². The predicted octanol–water partition coefficient (Wildman–Crippen LogP) is 14.1. The Balaban J connectivity index is -0.000000315. The topological polar surface area (TPSA) is 43.8 Å². The molecule has 0 aromatic carbocycles. The molecule has 0 atom stereocenters. The summed E-state index contributed by atoms with van der Waals surface area (Å²) in [5.74, 6) is -0.827. The molecule has 0 bridgehead atoms. The van der Waals surface area contributed by atoms with Gasteiger partial charge in [0.1, 0.15) is 0 Å². The maximum absolute atomic E-state index is 10.0. The van der Waals surface area contributed by atoms with Crippen LogP contribution in [-0.2, 0) is 4.79 Å². The van der Waals surface area contributed by atoms with Gasteiger partial charge >= 0.3 is 5.97 Å². The summed E-state index contributed by atoms with van der Waals surface area (Å²) in [7, 11) is 8.68. The summed E-state index contributed by atoms with van der Waals surface area (Å²) in [6.45, 7) is 10.6. The van der Waals surface area contributed by atoms with E-state index in [1.807, 2.05) is 6.92 Å². The smallest absolute Gasteiger partial charge is 0.330 e. The molecule has 0 radical (unpaired) electrons. The Kier molecular flexibility index (Phi) is 54.2. The molecule has 0 aliphatic rings. The number of hydrogen-bond acceptors (Lipinski definition) is 3. The highest BCUT2D eigenvalue weighted by Crippen LogP contribution is 2.14. The van der Waals surface area contributed by atoms with Crippen LogP contribution in [0.25, 0.3) is 0 Å². The average molecular weight is 734 g/mol. The highest BCUT2D eigenvalue weighted by atomic mass is 79.9. The zero-order chi connectivity index (χ0) is 34.9. The molecule has 5 heteroatoms. The fourth-order valence-electron chi connectivity index (χ4n) is 5.64. The van der Waals surface area contributed by atoms with Crippen molar-refractivity contribution >= 4 is 23.0 Å². The summed E-state index contributed by atoms with van der Waals surface area (Å²) in [4.78, 5) is 14.6. The van der Waals surface area contributed by atoms with Crippen LogP contribution < -0.4 is 0 Å². The van der Waals surface area contributed by atoms with E-state index in [0.717, 1.165) is 6.42 Å². The largest absolute Gasteiger partial charge is 0.478 e. The standard InChI is InChI=1S/2C18H39N.C6H10O2.BrH/c2*1-4-5-6-7-8-9-10-11-12-13-14-15-16-17-18-19(2)3;1-3-4-5(2)6(7)8;/h2*4-18H2,1-3H3;4H,3H2,1-2H3,(H,7,8);1H. The van der Waals surface area contributed by atoms with Crippen molar-refractivity contribution in [1.82, 2.24) is 9.80 Å². The summed E-state index contributed by atoms with van der Waals surface area (Å²) in [5.41, 5.74) is 0.424. The Morgan fingerprint density at radius 2 is 0.660 bits per heavy atom. The van der Waals surface area contributed by atoms with Crippen LogP contribution in [0.4, 0.5) is 0 Å². The SMILES string of the molecule is Br.CCC=C(C)C(=O)O.CCCCCCCCCCCCCCCCN(C)C.CCCCCCCCCCCCCCCCN(C)C. The molecule has 0 saturated heterocycles. The summed E-state index contributed by atoms with van der Waals surface area (Å²) >= 11 is 0. The van der Waals surface area contributed by atoms with Crippen LogP contribution in [0.15, 0.2) is 11.6 Å². The molecular formula is C42H89BrN2O2. The molecule has 0 fully saturated rings. The summed E-state index contributed by atoms with van der Waals surface area (Å²) in [5, 5.41) is 8.24. The molecule has 0 amide bonds. The van der Waals surface area contributed by atoms with Gasteiger partial charge in [-0.2, -0.15) is 0 Å². The number of hydrogen-bond donors (Lipinski definition) is 1. The molecule has 0 spiro atoms. The minimum absolute atomic E-state index is 0. The Hall–Kier alpha value is -0.390. The Labute approximate surface area is 308 Å². The van der Waals surface area contributed by atoms with Crippen molar-refractivity contribution in [3.05, 3.63) is 11.6 Å². The molecule has 0 saturated carbocycles. The van der Waals surface area contributed by atoms with Gasteiger partial charge in [0, 0.05) is 5.57 Å². The Morgan fingerprint density at radius 3 is 0.809 bits per heavy atom. The van der Waals surface area contributed by atoms with E-state index < -0.39 is 5.97 Å². The van der Waals surface area contributed by atoms with Gasteiger partial charge in [0.2, 0.25) is 0 Å². The first-order valence-corrected chi connectivity index (χ1v) is 20.4. The third-order valence-corrected chi connectivity index (χ3v) is 8.77. The van der Waals surface area contributed by atoms with E-state index in [1.165, 1.54) is 193 Å².